The molecule has 6 heteroatoms. The fourth-order valence-corrected chi connectivity index (χ4v) is 1.76. The Morgan fingerprint density at radius 2 is 2.05 bits per heavy atom. The highest BCUT2D eigenvalue weighted by atomic mass is 16.5. The van der Waals surface area contributed by atoms with Crippen LogP contribution in [0.2, 0.25) is 0 Å². The molecule has 0 saturated carbocycles. The Morgan fingerprint density at radius 3 is 2.58 bits per heavy atom. The van der Waals surface area contributed by atoms with Crippen molar-refractivity contribution >= 4 is 12.0 Å². The molecule has 1 atom stereocenters. The summed E-state index contributed by atoms with van der Waals surface area (Å²) in [7, 11) is 0. The number of carbonyl (C=O) groups excluding carboxylic acids is 2. The van der Waals surface area contributed by atoms with E-state index in [-0.39, 0.29) is 12.5 Å². The quantitative estimate of drug-likeness (QED) is 0.806. The predicted molar refractivity (Wildman–Crippen MR) is 67.1 cm³/mol. The molecular formula is C13H16N2O4. The number of alkyl carbamates (subject to hydrolysis) is 1. The number of carbonyl (C=O) groups is 2. The van der Waals surface area contributed by atoms with Crippen LogP contribution in [0.3, 0.4) is 0 Å². The summed E-state index contributed by atoms with van der Waals surface area (Å²) in [4.78, 5) is 22.8. The lowest BCUT2D eigenvalue weighted by atomic mass is 9.98. The second-order valence-electron chi connectivity index (χ2n) is 4.38. The molecule has 0 radical (unpaired) electrons. The first-order valence-electron chi connectivity index (χ1n) is 6.01. The van der Waals surface area contributed by atoms with Crippen LogP contribution in [0.5, 0.6) is 0 Å². The van der Waals surface area contributed by atoms with E-state index in [0.717, 1.165) is 5.56 Å². The zero-order valence-electron chi connectivity index (χ0n) is 10.4. The molecule has 1 aliphatic rings. The molecule has 1 aliphatic heterocycles. The van der Waals surface area contributed by atoms with Gasteiger partial charge in [-0.1, -0.05) is 30.3 Å². The predicted octanol–water partition coefficient (Wildman–Crippen LogP) is 0.413. The van der Waals surface area contributed by atoms with E-state index < -0.39 is 18.0 Å². The van der Waals surface area contributed by atoms with E-state index in [1.807, 2.05) is 30.3 Å². The minimum absolute atomic E-state index is 0.0678. The lowest BCUT2D eigenvalue weighted by Crippen LogP contribution is -2.55. The molecule has 0 unspecified atom stereocenters. The van der Waals surface area contributed by atoms with E-state index in [2.05, 4.69) is 5.32 Å². The number of rotatable bonds is 5. The van der Waals surface area contributed by atoms with Crippen molar-refractivity contribution in [2.24, 2.45) is 11.7 Å². The molecule has 19 heavy (non-hydrogen) atoms. The zero-order valence-corrected chi connectivity index (χ0v) is 10.4. The van der Waals surface area contributed by atoms with Crippen molar-refractivity contribution in [3.63, 3.8) is 0 Å². The lowest BCUT2D eigenvalue weighted by Gasteiger charge is -2.31. The van der Waals surface area contributed by atoms with Gasteiger partial charge in [-0.2, -0.15) is 0 Å². The van der Waals surface area contributed by atoms with E-state index in [9.17, 15) is 9.59 Å². The first-order valence-corrected chi connectivity index (χ1v) is 6.01. The number of ether oxygens (including phenoxy) is 2. The number of nitrogens with two attached hydrogens (primary N) is 1. The van der Waals surface area contributed by atoms with Gasteiger partial charge in [-0.3, -0.25) is 4.79 Å². The Labute approximate surface area is 110 Å². The molecule has 1 saturated heterocycles. The first-order chi connectivity index (χ1) is 9.16. The summed E-state index contributed by atoms with van der Waals surface area (Å²) in [5.74, 6) is -0.647. The van der Waals surface area contributed by atoms with Gasteiger partial charge in [0.05, 0.1) is 13.2 Å². The second-order valence-corrected chi connectivity index (χ2v) is 4.38. The molecule has 0 aromatic heterocycles. The van der Waals surface area contributed by atoms with E-state index in [1.165, 1.54) is 0 Å². The molecule has 102 valence electrons. The number of benzene rings is 1. The van der Waals surface area contributed by atoms with Gasteiger partial charge in [0.2, 0.25) is 5.91 Å². The van der Waals surface area contributed by atoms with Crippen molar-refractivity contribution in [1.82, 2.24) is 5.32 Å². The van der Waals surface area contributed by atoms with Crippen molar-refractivity contribution in [3.8, 4) is 0 Å². The summed E-state index contributed by atoms with van der Waals surface area (Å²) in [6.07, 6.45) is -0.653. The van der Waals surface area contributed by atoms with Crippen LogP contribution in [0, 0.1) is 5.92 Å². The van der Waals surface area contributed by atoms with Gasteiger partial charge < -0.3 is 20.5 Å². The van der Waals surface area contributed by atoms with Crippen LogP contribution < -0.4 is 11.1 Å². The molecular weight excluding hydrogens is 248 g/mol. The van der Waals surface area contributed by atoms with Crippen LogP contribution in [-0.2, 0) is 20.9 Å². The summed E-state index contributed by atoms with van der Waals surface area (Å²) < 4.78 is 10.0. The van der Waals surface area contributed by atoms with Crippen LogP contribution in [0.15, 0.2) is 30.3 Å². The molecule has 1 heterocycles. The average Bonchev–Trinajstić information content (AvgIpc) is 2.34. The van der Waals surface area contributed by atoms with Crippen molar-refractivity contribution in [2.75, 3.05) is 13.2 Å². The highest BCUT2D eigenvalue weighted by molar-refractivity contribution is 5.84. The molecule has 0 spiro atoms. The van der Waals surface area contributed by atoms with Crippen LogP contribution in [0.25, 0.3) is 0 Å². The molecule has 1 fully saturated rings. The number of hydrogen-bond donors (Lipinski definition) is 2. The zero-order chi connectivity index (χ0) is 13.7. The topological polar surface area (TPSA) is 90.7 Å². The average molecular weight is 264 g/mol. The van der Waals surface area contributed by atoms with Crippen molar-refractivity contribution < 1.29 is 19.1 Å². The third-order valence-corrected chi connectivity index (χ3v) is 2.93. The van der Waals surface area contributed by atoms with Crippen LogP contribution in [0.1, 0.15) is 5.56 Å². The molecule has 0 aliphatic carbocycles. The molecule has 2 rings (SSSR count). The Bertz CT molecular complexity index is 445. The standard InChI is InChI=1S/C13H16N2O4/c14-12(16)11(10-7-18-8-10)15-13(17)19-6-9-4-2-1-3-5-9/h1-5,10-11H,6-8H2,(H2,14,16)(H,15,17)/t11-/m0/s1. The Balaban J connectivity index is 1.81. The minimum atomic E-state index is -0.739. The van der Waals surface area contributed by atoms with Gasteiger partial charge in [0.15, 0.2) is 0 Å². The second kappa shape index (κ2) is 6.19. The van der Waals surface area contributed by atoms with Crippen molar-refractivity contribution in [1.29, 1.82) is 0 Å². The van der Waals surface area contributed by atoms with E-state index in [0.29, 0.717) is 13.2 Å². The maximum atomic E-state index is 11.6. The molecule has 1 aromatic carbocycles. The Kier molecular flexibility index (Phi) is 4.35. The van der Waals surface area contributed by atoms with Crippen LogP contribution >= 0.6 is 0 Å². The van der Waals surface area contributed by atoms with Gasteiger partial charge in [-0.15, -0.1) is 0 Å². The fraction of sp³-hybridized carbons (Fsp3) is 0.385. The van der Waals surface area contributed by atoms with E-state index in [1.54, 1.807) is 0 Å². The van der Waals surface area contributed by atoms with Gasteiger partial charge in [0.1, 0.15) is 12.6 Å². The minimum Gasteiger partial charge on any atom is -0.445 e. The Hall–Kier alpha value is -2.08. The monoisotopic (exact) mass is 264 g/mol. The van der Waals surface area contributed by atoms with Gasteiger partial charge >= 0.3 is 6.09 Å². The van der Waals surface area contributed by atoms with Gasteiger partial charge in [0.25, 0.3) is 0 Å². The maximum absolute atomic E-state index is 11.6. The normalized spacial score (nSPS) is 16.2. The summed E-state index contributed by atoms with van der Waals surface area (Å²) in [6.45, 7) is 0.998. The summed E-state index contributed by atoms with van der Waals surface area (Å²) in [6, 6.07) is 8.54. The summed E-state index contributed by atoms with van der Waals surface area (Å²) in [5.41, 5.74) is 6.11. The molecule has 2 amide bonds. The summed E-state index contributed by atoms with van der Waals surface area (Å²) >= 11 is 0. The van der Waals surface area contributed by atoms with Crippen LogP contribution in [-0.4, -0.2) is 31.3 Å². The third kappa shape index (κ3) is 3.69. The van der Waals surface area contributed by atoms with Crippen molar-refractivity contribution in [3.05, 3.63) is 35.9 Å². The number of amides is 2. The van der Waals surface area contributed by atoms with Gasteiger partial charge in [-0.25, -0.2) is 4.79 Å². The molecule has 0 bridgehead atoms. The lowest BCUT2D eigenvalue weighted by molar-refractivity contribution is -0.127. The van der Waals surface area contributed by atoms with E-state index in [4.69, 9.17) is 15.2 Å². The number of hydrogen-bond acceptors (Lipinski definition) is 4. The number of nitrogens with one attached hydrogen (secondary N) is 1. The molecule has 1 aromatic rings. The van der Waals surface area contributed by atoms with Gasteiger partial charge in [0, 0.05) is 5.92 Å². The van der Waals surface area contributed by atoms with Crippen molar-refractivity contribution in [2.45, 2.75) is 12.6 Å². The SMILES string of the molecule is NC(=O)[C@@H](NC(=O)OCc1ccccc1)C1COC1. The smallest absolute Gasteiger partial charge is 0.408 e. The highest BCUT2D eigenvalue weighted by Gasteiger charge is 2.33. The number of primary amides is 1. The molecule has 6 nitrogen and oxygen atoms in total. The fourth-order valence-electron chi connectivity index (χ4n) is 1.76. The summed E-state index contributed by atoms with van der Waals surface area (Å²) in [5, 5.41) is 2.47. The highest BCUT2D eigenvalue weighted by Crippen LogP contribution is 2.14. The van der Waals surface area contributed by atoms with Crippen LogP contribution in [0.4, 0.5) is 4.79 Å². The van der Waals surface area contributed by atoms with Gasteiger partial charge in [-0.05, 0) is 5.56 Å². The first kappa shape index (κ1) is 13.4. The van der Waals surface area contributed by atoms with E-state index >= 15 is 0 Å². The Morgan fingerprint density at radius 1 is 1.37 bits per heavy atom. The maximum Gasteiger partial charge on any atom is 0.408 e. The molecule has 3 N–H and O–H groups in total. The largest absolute Gasteiger partial charge is 0.445 e. The third-order valence-electron chi connectivity index (χ3n) is 2.93.